The van der Waals surface area contributed by atoms with Crippen LogP contribution in [0, 0.1) is 0 Å². The van der Waals surface area contributed by atoms with Crippen LogP contribution in [0.1, 0.15) is 0 Å². The molecule has 2 aliphatic rings. The van der Waals surface area contributed by atoms with Crippen molar-refractivity contribution < 1.29 is 4.79 Å². The molecule has 0 amide bonds. The van der Waals surface area contributed by atoms with Crippen LogP contribution in [0.4, 0.5) is 0 Å². The fraction of sp³-hybridized carbons (Fsp3) is 0.125. The monoisotopic (exact) mass is 184 g/mol. The van der Waals surface area contributed by atoms with Crippen molar-refractivity contribution in [1.29, 1.82) is 0 Å². The van der Waals surface area contributed by atoms with Gasteiger partial charge in [-0.1, -0.05) is 17.7 Å². The lowest BCUT2D eigenvalue weighted by molar-refractivity contribution is -0.111. The summed E-state index contributed by atoms with van der Waals surface area (Å²) >= 11 is 5.63. The third-order valence-corrected chi connectivity index (χ3v) is 1.79. The molecular formula is C8H9ClN2O. The van der Waals surface area contributed by atoms with Crippen LogP contribution in [0.5, 0.6) is 0 Å². The summed E-state index contributed by atoms with van der Waals surface area (Å²) < 4.78 is 0. The molecule has 3 N–H and O–H groups in total. The lowest BCUT2D eigenvalue weighted by atomic mass is 10.2. The second kappa shape index (κ2) is 3.67. The lowest BCUT2D eigenvalue weighted by Gasteiger charge is -1.84. The normalized spacial score (nSPS) is 17.9. The zero-order valence-corrected chi connectivity index (χ0v) is 7.35. The molecule has 2 bridgehead atoms. The van der Waals surface area contributed by atoms with Gasteiger partial charge in [0.2, 0.25) is 0 Å². The summed E-state index contributed by atoms with van der Waals surface area (Å²) in [6.45, 7) is 0. The van der Waals surface area contributed by atoms with Gasteiger partial charge < -0.3 is 0 Å². The number of rotatable bonds is 0. The minimum atomic E-state index is 0.0694. The van der Waals surface area contributed by atoms with Crippen LogP contribution < -0.4 is 11.3 Å². The van der Waals surface area contributed by atoms with Crippen molar-refractivity contribution in [3.8, 4) is 0 Å². The Labute approximate surface area is 75.5 Å². The van der Waals surface area contributed by atoms with Gasteiger partial charge in [-0.25, -0.2) is 0 Å². The van der Waals surface area contributed by atoms with E-state index in [1.54, 1.807) is 25.3 Å². The van der Waals surface area contributed by atoms with Gasteiger partial charge in [0.15, 0.2) is 5.78 Å². The number of hydrogen-bond acceptors (Lipinski definition) is 3. The molecule has 2 rings (SSSR count). The van der Waals surface area contributed by atoms with Crippen molar-refractivity contribution in [3.05, 3.63) is 34.4 Å². The van der Waals surface area contributed by atoms with Crippen molar-refractivity contribution in [2.75, 3.05) is 7.05 Å². The van der Waals surface area contributed by atoms with Crippen LogP contribution >= 0.6 is 11.6 Å². The summed E-state index contributed by atoms with van der Waals surface area (Å²) in [7, 11) is 1.65. The summed E-state index contributed by atoms with van der Waals surface area (Å²) in [5.41, 5.74) is 3.61. The molecule has 0 radical (unpaired) electrons. The highest BCUT2D eigenvalue weighted by molar-refractivity contribution is 6.38. The molecule has 0 saturated carbocycles. The number of nitrogens with two attached hydrogens (primary N) is 1. The predicted molar refractivity (Wildman–Crippen MR) is 48.4 cm³/mol. The highest BCUT2D eigenvalue weighted by Gasteiger charge is 2.25. The van der Waals surface area contributed by atoms with E-state index in [0.717, 1.165) is 5.57 Å². The van der Waals surface area contributed by atoms with Crippen LogP contribution in [0.25, 0.3) is 0 Å². The smallest absolute Gasteiger partial charge is 0.194 e. The first kappa shape index (κ1) is 9.19. The molecular weight excluding hydrogens is 176 g/mol. The molecule has 0 atom stereocenters. The van der Waals surface area contributed by atoms with E-state index < -0.39 is 0 Å². The first-order chi connectivity index (χ1) is 5.70. The van der Waals surface area contributed by atoms with Crippen molar-refractivity contribution in [3.63, 3.8) is 0 Å². The highest BCUT2D eigenvalue weighted by Crippen LogP contribution is 2.31. The molecule has 0 spiro atoms. The molecule has 0 fully saturated rings. The van der Waals surface area contributed by atoms with Gasteiger partial charge in [0.05, 0.1) is 5.03 Å². The van der Waals surface area contributed by atoms with E-state index in [4.69, 9.17) is 11.6 Å². The summed E-state index contributed by atoms with van der Waals surface area (Å²) in [5, 5.41) is 0.581. The molecule has 0 aromatic rings. The Morgan fingerprint density at radius 2 is 2.08 bits per heavy atom. The number of ketones is 1. The molecule has 2 aliphatic carbocycles. The van der Waals surface area contributed by atoms with Gasteiger partial charge in [0.1, 0.15) is 0 Å². The molecule has 3 nitrogen and oxygen atoms in total. The summed E-state index contributed by atoms with van der Waals surface area (Å²) in [6, 6.07) is 0. The van der Waals surface area contributed by atoms with E-state index >= 15 is 0 Å². The van der Waals surface area contributed by atoms with E-state index in [1.807, 2.05) is 0 Å². The van der Waals surface area contributed by atoms with Crippen LogP contribution in [0.3, 0.4) is 0 Å². The standard InChI is InChI=1S/C7H3ClO.CH6N2/c8-6-3-4-1-2-5(6)7(4)9;1-3-2/h1-3H;3H,2H2,1H3. The topological polar surface area (TPSA) is 55.1 Å². The van der Waals surface area contributed by atoms with Gasteiger partial charge in [-0.2, -0.15) is 0 Å². The molecule has 0 aromatic heterocycles. The van der Waals surface area contributed by atoms with Crippen LogP contribution in [0.2, 0.25) is 0 Å². The number of allylic oxidation sites excluding steroid dienone is 6. The van der Waals surface area contributed by atoms with Gasteiger partial charge in [0.25, 0.3) is 0 Å². The fourth-order valence-corrected chi connectivity index (χ4v) is 1.26. The minimum Gasteiger partial charge on any atom is -0.289 e. The van der Waals surface area contributed by atoms with E-state index in [-0.39, 0.29) is 5.78 Å². The number of hydrazine groups is 1. The van der Waals surface area contributed by atoms with Crippen LogP contribution in [0.15, 0.2) is 34.4 Å². The summed E-state index contributed by atoms with van der Waals surface area (Å²) in [4.78, 5) is 10.9. The largest absolute Gasteiger partial charge is 0.289 e. The maximum atomic E-state index is 10.9. The molecule has 0 unspecified atom stereocenters. The molecule has 4 heteroatoms. The molecule has 0 saturated heterocycles. The van der Waals surface area contributed by atoms with E-state index in [9.17, 15) is 4.79 Å². The van der Waals surface area contributed by atoms with Crippen molar-refractivity contribution in [2.24, 2.45) is 5.84 Å². The maximum Gasteiger partial charge on any atom is 0.194 e. The average Bonchev–Trinajstić information content (AvgIpc) is 2.47. The second-order valence-corrected chi connectivity index (χ2v) is 2.72. The molecule has 0 aromatic carbocycles. The molecule has 0 aliphatic heterocycles. The Morgan fingerprint density at radius 3 is 2.25 bits per heavy atom. The van der Waals surface area contributed by atoms with Crippen LogP contribution in [-0.2, 0) is 4.79 Å². The first-order valence-electron chi connectivity index (χ1n) is 3.42. The zero-order valence-electron chi connectivity index (χ0n) is 6.60. The Kier molecular flexibility index (Phi) is 2.81. The van der Waals surface area contributed by atoms with Crippen molar-refractivity contribution in [1.82, 2.24) is 5.43 Å². The Balaban J connectivity index is 0.000000213. The molecule has 64 valence electrons. The quantitative estimate of drug-likeness (QED) is 0.429. The minimum absolute atomic E-state index is 0.0694. The SMILES string of the molecule is CNN.O=C1C2=CC(Cl)=C1C=C2. The summed E-state index contributed by atoms with van der Waals surface area (Å²) in [5.74, 6) is 4.67. The number of hydrogen-bond donors (Lipinski definition) is 2. The highest BCUT2D eigenvalue weighted by atomic mass is 35.5. The number of halogens is 1. The third-order valence-electron chi connectivity index (χ3n) is 1.48. The fourth-order valence-electron chi connectivity index (χ4n) is 0.996. The molecule has 0 heterocycles. The number of nitrogens with one attached hydrogen (secondary N) is 1. The average molecular weight is 185 g/mol. The van der Waals surface area contributed by atoms with E-state index in [0.29, 0.717) is 10.6 Å². The summed E-state index contributed by atoms with van der Waals surface area (Å²) in [6.07, 6.45) is 5.22. The Morgan fingerprint density at radius 1 is 1.50 bits per heavy atom. The number of Topliss-reactive ketones (excluding diaryl/α,β-unsaturated/α-hetero) is 1. The lowest BCUT2D eigenvalue weighted by Crippen LogP contribution is -2.13. The van der Waals surface area contributed by atoms with Gasteiger partial charge in [-0.05, 0) is 19.2 Å². The van der Waals surface area contributed by atoms with Gasteiger partial charge in [0, 0.05) is 11.1 Å². The first-order valence-corrected chi connectivity index (χ1v) is 3.80. The number of carbonyl (C=O) groups is 1. The second-order valence-electron chi connectivity index (χ2n) is 2.31. The predicted octanol–water partition coefficient (Wildman–Crippen LogP) is 0.638. The maximum absolute atomic E-state index is 10.9. The van der Waals surface area contributed by atoms with E-state index in [1.165, 1.54) is 0 Å². The zero-order chi connectivity index (χ0) is 9.14. The van der Waals surface area contributed by atoms with Crippen molar-refractivity contribution in [2.45, 2.75) is 0 Å². The third kappa shape index (κ3) is 1.48. The molecule has 12 heavy (non-hydrogen) atoms. The number of carbonyl (C=O) groups excluding carboxylic acids is 1. The number of fused-ring (bicyclic) bond motifs is 2. The van der Waals surface area contributed by atoms with Crippen LogP contribution in [-0.4, -0.2) is 12.8 Å². The Bertz CT molecular complexity index is 302. The van der Waals surface area contributed by atoms with Gasteiger partial charge in [-0.15, -0.1) is 0 Å². The Hall–Kier alpha value is -0.900. The van der Waals surface area contributed by atoms with Crippen molar-refractivity contribution >= 4 is 17.4 Å². The van der Waals surface area contributed by atoms with Gasteiger partial charge in [-0.3, -0.25) is 16.1 Å². The van der Waals surface area contributed by atoms with E-state index in [2.05, 4.69) is 11.3 Å². The van der Waals surface area contributed by atoms with Gasteiger partial charge >= 0.3 is 0 Å².